The van der Waals surface area contributed by atoms with Crippen molar-refractivity contribution >= 4 is 16.6 Å². The molecule has 0 aliphatic heterocycles. The minimum atomic E-state index is -0.207. The molecule has 0 radical (unpaired) electrons. The van der Waals surface area contributed by atoms with Crippen molar-refractivity contribution in [2.45, 2.75) is 0 Å². The lowest BCUT2D eigenvalue weighted by Crippen LogP contribution is -2.12. The third-order valence-electron chi connectivity index (χ3n) is 4.14. The quantitative estimate of drug-likeness (QED) is 0.616. The molecule has 1 aliphatic rings. The Morgan fingerprint density at radius 1 is 1.00 bits per heavy atom. The zero-order valence-corrected chi connectivity index (χ0v) is 12.6. The molecule has 3 aromatic rings. The van der Waals surface area contributed by atoms with Crippen LogP contribution in [0.5, 0.6) is 17.2 Å². The Morgan fingerprint density at radius 2 is 1.83 bits per heavy atom. The van der Waals surface area contributed by atoms with Crippen LogP contribution in [0.2, 0.25) is 0 Å². The average Bonchev–Trinajstić information content (AvgIpc) is 2.58. The number of ether oxygens (including phenoxy) is 2. The normalized spacial score (nSPS) is 12.2. The number of hydrogen-bond acceptors (Lipinski definition) is 5. The molecule has 0 spiro atoms. The maximum absolute atomic E-state index is 12.8. The lowest BCUT2D eigenvalue weighted by molar-refractivity contribution is 0.103. The van der Waals surface area contributed by atoms with Crippen LogP contribution < -0.4 is 9.47 Å². The molecule has 1 aliphatic carbocycles. The molecule has 23 heavy (non-hydrogen) atoms. The summed E-state index contributed by atoms with van der Waals surface area (Å²) in [5.74, 6) is 1.000. The van der Waals surface area contributed by atoms with Gasteiger partial charge in [0.2, 0.25) is 5.78 Å². The van der Waals surface area contributed by atoms with Gasteiger partial charge in [-0.05, 0) is 41.5 Å². The van der Waals surface area contributed by atoms with E-state index in [1.54, 1.807) is 32.5 Å². The van der Waals surface area contributed by atoms with Crippen LogP contribution in [0, 0.1) is 0 Å². The number of benzene rings is 2. The van der Waals surface area contributed by atoms with E-state index in [0.29, 0.717) is 22.8 Å². The molecule has 4 rings (SSSR count). The molecule has 0 saturated heterocycles. The summed E-state index contributed by atoms with van der Waals surface area (Å²) >= 11 is 0. The van der Waals surface area contributed by atoms with E-state index in [2.05, 4.69) is 4.98 Å². The van der Waals surface area contributed by atoms with Gasteiger partial charge in [-0.3, -0.25) is 9.78 Å². The van der Waals surface area contributed by atoms with Crippen molar-refractivity contribution in [1.29, 1.82) is 0 Å². The zero-order valence-electron chi connectivity index (χ0n) is 12.6. The molecule has 0 saturated carbocycles. The van der Waals surface area contributed by atoms with Gasteiger partial charge in [0.25, 0.3) is 0 Å². The van der Waals surface area contributed by atoms with Gasteiger partial charge >= 0.3 is 0 Å². The van der Waals surface area contributed by atoms with Gasteiger partial charge < -0.3 is 14.6 Å². The van der Waals surface area contributed by atoms with Crippen molar-refractivity contribution in [2.24, 2.45) is 0 Å². The number of fused-ring (bicyclic) bond motifs is 2. The van der Waals surface area contributed by atoms with Crippen LogP contribution in [0.1, 0.15) is 16.1 Å². The second kappa shape index (κ2) is 4.71. The van der Waals surface area contributed by atoms with Gasteiger partial charge in [0.15, 0.2) is 11.5 Å². The fourth-order valence-electron chi connectivity index (χ4n) is 3.15. The number of ketones is 1. The summed E-state index contributed by atoms with van der Waals surface area (Å²) in [5, 5.41) is 11.2. The minimum Gasteiger partial charge on any atom is -0.508 e. The first-order valence-corrected chi connectivity index (χ1v) is 7.07. The third-order valence-corrected chi connectivity index (χ3v) is 4.14. The summed E-state index contributed by atoms with van der Waals surface area (Å²) in [5.41, 5.74) is 2.39. The number of aromatic nitrogens is 1. The molecular formula is C18H13NO4. The molecule has 1 aromatic heterocycles. The second-order valence-corrected chi connectivity index (χ2v) is 5.30. The molecule has 0 amide bonds. The first-order valence-electron chi connectivity index (χ1n) is 7.07. The lowest BCUT2D eigenvalue weighted by atomic mass is 9.85. The standard InChI is InChI=1S/C18H13NO4/c1-22-14-8-12-10-4-3-9(20)7-13(10)17(21)16-15(12)11(5-6-19-16)18(14)23-2/h3-8,20H,1-2H3. The maximum Gasteiger partial charge on any atom is 0.212 e. The summed E-state index contributed by atoms with van der Waals surface area (Å²) in [6.07, 6.45) is 1.58. The highest BCUT2D eigenvalue weighted by molar-refractivity contribution is 6.25. The van der Waals surface area contributed by atoms with Gasteiger partial charge in [-0.15, -0.1) is 0 Å². The SMILES string of the molecule is COc1cc2c3c(nccc3c1OC)C(=O)c1cc(O)ccc1-2. The smallest absolute Gasteiger partial charge is 0.212 e. The van der Waals surface area contributed by atoms with Crippen molar-refractivity contribution in [3.63, 3.8) is 0 Å². The number of aromatic hydroxyl groups is 1. The number of hydrogen-bond donors (Lipinski definition) is 1. The van der Waals surface area contributed by atoms with E-state index in [1.165, 1.54) is 6.07 Å². The van der Waals surface area contributed by atoms with E-state index >= 15 is 0 Å². The minimum absolute atomic E-state index is 0.0493. The van der Waals surface area contributed by atoms with E-state index in [4.69, 9.17) is 9.47 Å². The van der Waals surface area contributed by atoms with Crippen molar-refractivity contribution in [3.05, 3.63) is 47.8 Å². The van der Waals surface area contributed by atoms with Crippen LogP contribution >= 0.6 is 0 Å². The molecule has 2 aromatic carbocycles. The molecule has 0 atom stereocenters. The summed E-state index contributed by atoms with van der Waals surface area (Å²) in [6, 6.07) is 8.42. The topological polar surface area (TPSA) is 68.7 Å². The van der Waals surface area contributed by atoms with Crippen LogP contribution in [0.25, 0.3) is 21.9 Å². The fourth-order valence-corrected chi connectivity index (χ4v) is 3.15. The summed E-state index contributed by atoms with van der Waals surface area (Å²) in [4.78, 5) is 17.0. The van der Waals surface area contributed by atoms with Gasteiger partial charge in [-0.1, -0.05) is 0 Å². The predicted molar refractivity (Wildman–Crippen MR) is 85.4 cm³/mol. The molecule has 0 bridgehead atoms. The van der Waals surface area contributed by atoms with Gasteiger partial charge in [0.1, 0.15) is 11.4 Å². The first-order chi connectivity index (χ1) is 11.2. The largest absolute Gasteiger partial charge is 0.508 e. The molecule has 0 unspecified atom stereocenters. The Balaban J connectivity index is 2.22. The summed E-state index contributed by atoms with van der Waals surface area (Å²) in [6.45, 7) is 0. The van der Waals surface area contributed by atoms with Crippen LogP contribution in [0.15, 0.2) is 36.5 Å². The van der Waals surface area contributed by atoms with Crippen LogP contribution in [0.4, 0.5) is 0 Å². The van der Waals surface area contributed by atoms with Crippen LogP contribution in [-0.2, 0) is 0 Å². The van der Waals surface area contributed by atoms with E-state index in [9.17, 15) is 9.90 Å². The van der Waals surface area contributed by atoms with Crippen molar-refractivity contribution in [1.82, 2.24) is 4.98 Å². The Hall–Kier alpha value is -3.08. The molecule has 0 fully saturated rings. The highest BCUT2D eigenvalue weighted by Gasteiger charge is 2.29. The van der Waals surface area contributed by atoms with Gasteiger partial charge in [-0.25, -0.2) is 0 Å². The Kier molecular flexibility index (Phi) is 2.78. The zero-order chi connectivity index (χ0) is 16.1. The van der Waals surface area contributed by atoms with Crippen LogP contribution in [0.3, 0.4) is 0 Å². The number of pyridine rings is 1. The molecule has 114 valence electrons. The lowest BCUT2D eigenvalue weighted by Gasteiger charge is -2.21. The van der Waals surface area contributed by atoms with Gasteiger partial charge in [-0.2, -0.15) is 0 Å². The van der Waals surface area contributed by atoms with E-state index in [0.717, 1.165) is 21.9 Å². The van der Waals surface area contributed by atoms with Crippen molar-refractivity contribution < 1.29 is 19.4 Å². The van der Waals surface area contributed by atoms with Crippen molar-refractivity contribution in [2.75, 3.05) is 14.2 Å². The number of rotatable bonds is 2. The van der Waals surface area contributed by atoms with Gasteiger partial charge in [0.05, 0.1) is 14.2 Å². The molecule has 1 N–H and O–H groups in total. The summed E-state index contributed by atoms with van der Waals surface area (Å²) < 4.78 is 10.9. The summed E-state index contributed by atoms with van der Waals surface area (Å²) in [7, 11) is 3.14. The maximum atomic E-state index is 12.8. The van der Waals surface area contributed by atoms with Crippen molar-refractivity contribution in [3.8, 4) is 28.4 Å². The highest BCUT2D eigenvalue weighted by atomic mass is 16.5. The molecule has 5 heteroatoms. The van der Waals surface area contributed by atoms with Crippen LogP contribution in [-0.4, -0.2) is 30.1 Å². The monoisotopic (exact) mass is 307 g/mol. The number of phenolic OH excluding ortho intramolecular Hbond substituents is 1. The molecule has 5 nitrogen and oxygen atoms in total. The highest BCUT2D eigenvalue weighted by Crippen LogP contribution is 2.46. The second-order valence-electron chi connectivity index (χ2n) is 5.30. The third kappa shape index (κ3) is 1.73. The number of nitrogens with zero attached hydrogens (tertiary/aromatic N) is 1. The number of carbonyl (C=O) groups excluding carboxylic acids is 1. The van der Waals surface area contributed by atoms with E-state index < -0.39 is 0 Å². The number of methoxy groups -OCH3 is 2. The molecular weight excluding hydrogens is 294 g/mol. The number of phenols is 1. The Morgan fingerprint density at radius 3 is 2.57 bits per heavy atom. The predicted octanol–water partition coefficient (Wildman–Crippen LogP) is 3.17. The Bertz CT molecular complexity index is 978. The number of carbonyl (C=O) groups is 1. The Labute approximate surface area is 132 Å². The van der Waals surface area contributed by atoms with Gasteiger partial charge in [0, 0.05) is 22.5 Å². The molecule has 1 heterocycles. The first kappa shape index (κ1) is 13.6. The fraction of sp³-hybridized carbons (Fsp3) is 0.111. The van der Waals surface area contributed by atoms with E-state index in [-0.39, 0.29) is 11.5 Å². The average molecular weight is 307 g/mol. The van der Waals surface area contributed by atoms with E-state index in [1.807, 2.05) is 12.1 Å².